The average molecular weight is 202 g/mol. The molecule has 0 spiro atoms. The van der Waals surface area contributed by atoms with Crippen molar-refractivity contribution in [2.24, 2.45) is 5.73 Å². The third-order valence-electron chi connectivity index (χ3n) is 1.96. The van der Waals surface area contributed by atoms with Gasteiger partial charge in [-0.25, -0.2) is 4.98 Å². The molecule has 0 saturated heterocycles. The molecule has 5 heteroatoms. The molecule has 76 valence electrons. The molecule has 5 nitrogen and oxygen atoms in total. The van der Waals surface area contributed by atoms with E-state index in [4.69, 9.17) is 5.73 Å². The third kappa shape index (κ3) is 2.01. The molecule has 15 heavy (non-hydrogen) atoms. The number of hydrogen-bond donors (Lipinski definition) is 1. The van der Waals surface area contributed by atoms with E-state index < -0.39 is 5.91 Å². The first-order chi connectivity index (χ1) is 7.27. The zero-order chi connectivity index (χ0) is 10.7. The van der Waals surface area contributed by atoms with Crippen molar-refractivity contribution in [1.29, 1.82) is 0 Å². The average Bonchev–Trinajstić information content (AvgIpc) is 2.66. The molecule has 0 radical (unpaired) electrons. The lowest BCUT2D eigenvalue weighted by Gasteiger charge is -2.04. The lowest BCUT2D eigenvalue weighted by molar-refractivity contribution is -0.118. The van der Waals surface area contributed by atoms with Crippen molar-refractivity contribution < 1.29 is 4.79 Å². The van der Waals surface area contributed by atoms with Crippen molar-refractivity contribution >= 4 is 5.91 Å². The number of hydrogen-bond acceptors (Lipinski definition) is 3. The molecule has 0 fully saturated rings. The molecule has 0 aliphatic heterocycles. The van der Waals surface area contributed by atoms with Crippen molar-refractivity contribution in [3.63, 3.8) is 0 Å². The van der Waals surface area contributed by atoms with Gasteiger partial charge >= 0.3 is 0 Å². The van der Waals surface area contributed by atoms with Crippen molar-refractivity contribution in [2.75, 3.05) is 0 Å². The number of primary amides is 1. The van der Waals surface area contributed by atoms with E-state index in [1.165, 1.54) is 0 Å². The van der Waals surface area contributed by atoms with Crippen LogP contribution in [0.25, 0.3) is 11.4 Å². The van der Waals surface area contributed by atoms with Gasteiger partial charge in [0, 0.05) is 30.4 Å². The van der Waals surface area contributed by atoms with E-state index in [-0.39, 0.29) is 6.54 Å². The highest BCUT2D eigenvalue weighted by Gasteiger charge is 2.06. The first-order valence-electron chi connectivity index (χ1n) is 4.47. The summed E-state index contributed by atoms with van der Waals surface area (Å²) < 4.78 is 1.69. The Morgan fingerprint density at radius 3 is 3.00 bits per heavy atom. The van der Waals surface area contributed by atoms with E-state index >= 15 is 0 Å². The summed E-state index contributed by atoms with van der Waals surface area (Å²) >= 11 is 0. The fraction of sp³-hybridized carbons (Fsp3) is 0.100. The predicted octanol–water partition coefficient (Wildman–Crippen LogP) is 0.430. The molecule has 2 heterocycles. The fourth-order valence-electron chi connectivity index (χ4n) is 1.36. The Labute approximate surface area is 86.6 Å². The minimum Gasteiger partial charge on any atom is -0.368 e. The van der Waals surface area contributed by atoms with Gasteiger partial charge in [0.1, 0.15) is 12.4 Å². The predicted molar refractivity (Wildman–Crippen MR) is 54.7 cm³/mol. The van der Waals surface area contributed by atoms with Crippen LogP contribution in [0, 0.1) is 0 Å². The smallest absolute Gasteiger partial charge is 0.237 e. The number of nitrogens with two attached hydrogens (primary N) is 1. The van der Waals surface area contributed by atoms with Crippen molar-refractivity contribution in [2.45, 2.75) is 6.54 Å². The summed E-state index contributed by atoms with van der Waals surface area (Å²) in [4.78, 5) is 19.0. The standard InChI is InChI=1S/C10H10N4O/c11-9(15)7-14-5-4-13-10(14)8-2-1-3-12-6-8/h1-6H,7H2,(H2,11,15). The maximum atomic E-state index is 10.8. The summed E-state index contributed by atoms with van der Waals surface area (Å²) in [5.74, 6) is 0.306. The normalized spacial score (nSPS) is 10.1. The largest absolute Gasteiger partial charge is 0.368 e. The highest BCUT2D eigenvalue weighted by Crippen LogP contribution is 2.14. The molecule has 0 unspecified atom stereocenters. The Kier molecular flexibility index (Phi) is 2.45. The van der Waals surface area contributed by atoms with E-state index in [1.54, 1.807) is 29.4 Å². The van der Waals surface area contributed by atoms with Crippen LogP contribution in [0.15, 0.2) is 36.9 Å². The second kappa shape index (κ2) is 3.91. The second-order valence-corrected chi connectivity index (χ2v) is 3.09. The Bertz CT molecular complexity index is 463. The van der Waals surface area contributed by atoms with Crippen LogP contribution in [0.2, 0.25) is 0 Å². The number of aromatic nitrogens is 3. The van der Waals surface area contributed by atoms with Crippen LogP contribution in [0.1, 0.15) is 0 Å². The van der Waals surface area contributed by atoms with Crippen molar-refractivity contribution in [3.8, 4) is 11.4 Å². The summed E-state index contributed by atoms with van der Waals surface area (Å²) in [5, 5.41) is 0. The molecular weight excluding hydrogens is 192 g/mol. The van der Waals surface area contributed by atoms with E-state index in [2.05, 4.69) is 9.97 Å². The lowest BCUT2D eigenvalue weighted by atomic mass is 10.3. The van der Waals surface area contributed by atoms with Gasteiger partial charge in [0.25, 0.3) is 0 Å². The first-order valence-corrected chi connectivity index (χ1v) is 4.47. The molecule has 1 amide bonds. The van der Waals surface area contributed by atoms with E-state index in [9.17, 15) is 4.79 Å². The Hall–Kier alpha value is -2.17. The van der Waals surface area contributed by atoms with Crippen LogP contribution in [-0.2, 0) is 11.3 Å². The summed E-state index contributed by atoms with van der Waals surface area (Å²) in [6.45, 7) is 0.129. The number of amides is 1. The quantitative estimate of drug-likeness (QED) is 0.784. The minimum atomic E-state index is -0.391. The highest BCUT2D eigenvalue weighted by molar-refractivity contribution is 5.74. The molecule has 2 rings (SSSR count). The Balaban J connectivity index is 2.37. The van der Waals surface area contributed by atoms with E-state index in [1.807, 2.05) is 12.1 Å². The van der Waals surface area contributed by atoms with Crippen LogP contribution in [0.5, 0.6) is 0 Å². The number of pyridine rings is 1. The minimum absolute atomic E-state index is 0.129. The lowest BCUT2D eigenvalue weighted by Crippen LogP contribution is -2.18. The number of carbonyl (C=O) groups is 1. The summed E-state index contributed by atoms with van der Waals surface area (Å²) in [5.41, 5.74) is 5.99. The van der Waals surface area contributed by atoms with Gasteiger partial charge in [0.05, 0.1) is 0 Å². The molecule has 0 aliphatic carbocycles. The molecule has 0 aliphatic rings. The molecule has 2 N–H and O–H groups in total. The SMILES string of the molecule is NC(=O)Cn1ccnc1-c1cccnc1. The maximum absolute atomic E-state index is 10.8. The fourth-order valence-corrected chi connectivity index (χ4v) is 1.36. The van der Waals surface area contributed by atoms with Crippen molar-refractivity contribution in [1.82, 2.24) is 14.5 Å². The van der Waals surface area contributed by atoms with Gasteiger partial charge in [-0.15, -0.1) is 0 Å². The van der Waals surface area contributed by atoms with Gasteiger partial charge in [-0.1, -0.05) is 0 Å². The van der Waals surface area contributed by atoms with Gasteiger partial charge < -0.3 is 10.3 Å². The van der Waals surface area contributed by atoms with E-state index in [0.29, 0.717) is 5.82 Å². The van der Waals surface area contributed by atoms with Gasteiger partial charge in [0.2, 0.25) is 5.91 Å². The van der Waals surface area contributed by atoms with E-state index in [0.717, 1.165) is 5.56 Å². The summed E-state index contributed by atoms with van der Waals surface area (Å²) in [6.07, 6.45) is 6.73. The maximum Gasteiger partial charge on any atom is 0.237 e. The molecule has 0 saturated carbocycles. The Morgan fingerprint density at radius 1 is 1.47 bits per heavy atom. The molecule has 0 atom stereocenters. The second-order valence-electron chi connectivity index (χ2n) is 3.09. The zero-order valence-electron chi connectivity index (χ0n) is 8.00. The number of imidazole rings is 1. The summed E-state index contributed by atoms with van der Waals surface area (Å²) in [7, 11) is 0. The summed E-state index contributed by atoms with van der Waals surface area (Å²) in [6, 6.07) is 3.70. The number of nitrogens with zero attached hydrogens (tertiary/aromatic N) is 3. The molecule has 0 bridgehead atoms. The van der Waals surface area contributed by atoms with Gasteiger partial charge in [-0.2, -0.15) is 0 Å². The number of carbonyl (C=O) groups excluding carboxylic acids is 1. The monoisotopic (exact) mass is 202 g/mol. The first kappa shape index (κ1) is 9.39. The zero-order valence-corrected chi connectivity index (χ0v) is 8.00. The molecular formula is C10H10N4O. The highest BCUT2D eigenvalue weighted by atomic mass is 16.1. The van der Waals surface area contributed by atoms with Crippen LogP contribution in [0.4, 0.5) is 0 Å². The van der Waals surface area contributed by atoms with Crippen LogP contribution < -0.4 is 5.73 Å². The molecule has 2 aromatic rings. The Morgan fingerprint density at radius 2 is 2.33 bits per heavy atom. The van der Waals surface area contributed by atoms with Gasteiger partial charge in [0.15, 0.2) is 0 Å². The third-order valence-corrected chi connectivity index (χ3v) is 1.96. The van der Waals surface area contributed by atoms with Gasteiger partial charge in [-0.05, 0) is 12.1 Å². The van der Waals surface area contributed by atoms with Crippen LogP contribution >= 0.6 is 0 Å². The van der Waals surface area contributed by atoms with Crippen LogP contribution in [-0.4, -0.2) is 20.4 Å². The van der Waals surface area contributed by atoms with Gasteiger partial charge in [-0.3, -0.25) is 9.78 Å². The number of rotatable bonds is 3. The van der Waals surface area contributed by atoms with Crippen molar-refractivity contribution in [3.05, 3.63) is 36.9 Å². The topological polar surface area (TPSA) is 73.8 Å². The van der Waals surface area contributed by atoms with Crippen LogP contribution in [0.3, 0.4) is 0 Å². The molecule has 2 aromatic heterocycles. The molecule has 0 aromatic carbocycles.